The molecule has 3 N–H and O–H groups in total. The molecular formula is C9H16N2O. The summed E-state index contributed by atoms with van der Waals surface area (Å²) in [6, 6.07) is 0.494. The maximum Gasteiger partial charge on any atom is 0.245 e. The van der Waals surface area contributed by atoms with E-state index in [1.54, 1.807) is 0 Å². The molecule has 3 heteroatoms. The Morgan fingerprint density at radius 1 is 1.75 bits per heavy atom. The highest BCUT2D eigenvalue weighted by Crippen LogP contribution is 2.12. The van der Waals surface area contributed by atoms with E-state index in [1.807, 2.05) is 6.08 Å². The van der Waals surface area contributed by atoms with Gasteiger partial charge in [0.2, 0.25) is 5.91 Å². The van der Waals surface area contributed by atoms with E-state index in [0.29, 0.717) is 24.1 Å². The lowest BCUT2D eigenvalue weighted by atomic mass is 9.96. The minimum absolute atomic E-state index is 0.301. The molecule has 0 aromatic rings. The molecule has 12 heavy (non-hydrogen) atoms. The number of hydrogen-bond acceptors (Lipinski definition) is 2. The van der Waals surface area contributed by atoms with E-state index < -0.39 is 0 Å². The number of carbonyl (C=O) groups is 1. The molecule has 3 nitrogen and oxygen atoms in total. The van der Waals surface area contributed by atoms with Crippen LogP contribution in [0.5, 0.6) is 0 Å². The maximum absolute atomic E-state index is 10.7. The Bertz CT molecular complexity index is 209. The normalized spacial score (nSPS) is 23.9. The number of nitrogens with two attached hydrogens (primary N) is 1. The van der Waals surface area contributed by atoms with Crippen LogP contribution in [0, 0.1) is 5.92 Å². The van der Waals surface area contributed by atoms with Gasteiger partial charge >= 0.3 is 0 Å². The lowest BCUT2D eigenvalue weighted by Crippen LogP contribution is -2.40. The van der Waals surface area contributed by atoms with Gasteiger partial charge in [0, 0.05) is 18.2 Å². The smallest absolute Gasteiger partial charge is 0.245 e. The molecule has 0 bridgehead atoms. The van der Waals surface area contributed by atoms with Crippen LogP contribution in [-0.4, -0.2) is 18.5 Å². The van der Waals surface area contributed by atoms with Crippen LogP contribution in [0.2, 0.25) is 0 Å². The van der Waals surface area contributed by atoms with Crippen LogP contribution in [-0.2, 0) is 4.79 Å². The van der Waals surface area contributed by atoms with Gasteiger partial charge in [-0.05, 0) is 12.3 Å². The van der Waals surface area contributed by atoms with Crippen LogP contribution >= 0.6 is 0 Å². The standard InChI is InChI=1S/C9H16N2O/c1-6(2)8-4-3-7(5-11-8)9(10)12/h3,6,8,11H,4-5H2,1-2H3,(H2,10,12). The molecule has 0 saturated heterocycles. The molecule has 0 aromatic carbocycles. The van der Waals surface area contributed by atoms with Crippen molar-refractivity contribution in [2.45, 2.75) is 26.3 Å². The van der Waals surface area contributed by atoms with E-state index >= 15 is 0 Å². The first-order valence-electron chi connectivity index (χ1n) is 4.33. The number of hydrogen-bond donors (Lipinski definition) is 2. The van der Waals surface area contributed by atoms with Crippen molar-refractivity contribution < 1.29 is 4.79 Å². The second kappa shape index (κ2) is 3.72. The molecule has 68 valence electrons. The summed E-state index contributed by atoms with van der Waals surface area (Å²) in [6.07, 6.45) is 2.86. The molecule has 1 heterocycles. The molecule has 1 unspecified atom stereocenters. The third kappa shape index (κ3) is 2.08. The van der Waals surface area contributed by atoms with Gasteiger partial charge in [-0.3, -0.25) is 4.79 Å². The van der Waals surface area contributed by atoms with Crippen LogP contribution in [0.1, 0.15) is 20.3 Å². The van der Waals surface area contributed by atoms with Crippen molar-refractivity contribution in [1.29, 1.82) is 0 Å². The molecule has 1 aliphatic rings. The fourth-order valence-electron chi connectivity index (χ4n) is 1.36. The fourth-order valence-corrected chi connectivity index (χ4v) is 1.36. The lowest BCUT2D eigenvalue weighted by molar-refractivity contribution is -0.114. The van der Waals surface area contributed by atoms with E-state index in [0.717, 1.165) is 6.42 Å². The maximum atomic E-state index is 10.7. The van der Waals surface area contributed by atoms with Crippen LogP contribution in [0.15, 0.2) is 11.6 Å². The Labute approximate surface area is 73.0 Å². The molecule has 0 fully saturated rings. The van der Waals surface area contributed by atoms with Gasteiger partial charge in [-0.15, -0.1) is 0 Å². The molecule has 0 saturated carbocycles. The predicted octanol–water partition coefficient (Wildman–Crippen LogP) is 0.416. The van der Waals surface area contributed by atoms with Gasteiger partial charge in [0.1, 0.15) is 0 Å². The van der Waals surface area contributed by atoms with Crippen molar-refractivity contribution in [3.05, 3.63) is 11.6 Å². The zero-order valence-corrected chi connectivity index (χ0v) is 7.63. The lowest BCUT2D eigenvalue weighted by Gasteiger charge is -2.25. The van der Waals surface area contributed by atoms with E-state index in [9.17, 15) is 4.79 Å². The van der Waals surface area contributed by atoms with Crippen molar-refractivity contribution >= 4 is 5.91 Å². The summed E-state index contributed by atoms with van der Waals surface area (Å²) in [6.45, 7) is 4.96. The van der Waals surface area contributed by atoms with Crippen LogP contribution in [0.3, 0.4) is 0 Å². The largest absolute Gasteiger partial charge is 0.366 e. The van der Waals surface area contributed by atoms with E-state index in [4.69, 9.17) is 5.73 Å². The highest BCUT2D eigenvalue weighted by Gasteiger charge is 2.18. The number of rotatable bonds is 2. The average Bonchev–Trinajstić information content (AvgIpc) is 2.04. The van der Waals surface area contributed by atoms with Gasteiger partial charge in [0.25, 0.3) is 0 Å². The number of primary amides is 1. The molecule has 0 radical (unpaired) electrons. The Hall–Kier alpha value is -0.830. The number of amides is 1. The van der Waals surface area contributed by atoms with Crippen LogP contribution < -0.4 is 11.1 Å². The zero-order valence-electron chi connectivity index (χ0n) is 7.63. The molecule has 0 aromatic heterocycles. The van der Waals surface area contributed by atoms with Crippen molar-refractivity contribution in [1.82, 2.24) is 5.32 Å². The van der Waals surface area contributed by atoms with Crippen LogP contribution in [0.25, 0.3) is 0 Å². The summed E-state index contributed by atoms with van der Waals surface area (Å²) in [5.41, 5.74) is 5.86. The molecular weight excluding hydrogens is 152 g/mol. The van der Waals surface area contributed by atoms with E-state index in [1.165, 1.54) is 0 Å². The highest BCUT2D eigenvalue weighted by molar-refractivity contribution is 5.92. The summed E-state index contributed by atoms with van der Waals surface area (Å²) in [5, 5.41) is 3.28. The van der Waals surface area contributed by atoms with Gasteiger partial charge in [0.15, 0.2) is 0 Å². The van der Waals surface area contributed by atoms with Crippen molar-refractivity contribution in [2.75, 3.05) is 6.54 Å². The molecule has 1 amide bonds. The Morgan fingerprint density at radius 2 is 2.42 bits per heavy atom. The van der Waals surface area contributed by atoms with Crippen LogP contribution in [0.4, 0.5) is 0 Å². The summed E-state index contributed by atoms with van der Waals surface area (Å²) in [5.74, 6) is 0.306. The minimum atomic E-state index is -0.301. The summed E-state index contributed by atoms with van der Waals surface area (Å²) in [7, 11) is 0. The van der Waals surface area contributed by atoms with Gasteiger partial charge in [-0.1, -0.05) is 19.9 Å². The first kappa shape index (κ1) is 9.26. The summed E-state index contributed by atoms with van der Waals surface area (Å²) >= 11 is 0. The second-order valence-corrected chi connectivity index (χ2v) is 3.56. The number of carbonyl (C=O) groups excluding carboxylic acids is 1. The molecule has 1 atom stereocenters. The third-order valence-corrected chi connectivity index (χ3v) is 2.29. The molecule has 0 spiro atoms. The summed E-state index contributed by atoms with van der Waals surface area (Å²) in [4.78, 5) is 10.7. The Kier molecular flexibility index (Phi) is 2.87. The minimum Gasteiger partial charge on any atom is -0.366 e. The van der Waals surface area contributed by atoms with Gasteiger partial charge < -0.3 is 11.1 Å². The highest BCUT2D eigenvalue weighted by atomic mass is 16.1. The van der Waals surface area contributed by atoms with Gasteiger partial charge in [0.05, 0.1) is 0 Å². The Morgan fingerprint density at radius 3 is 2.75 bits per heavy atom. The third-order valence-electron chi connectivity index (χ3n) is 2.29. The molecule has 1 aliphatic heterocycles. The fraction of sp³-hybridized carbons (Fsp3) is 0.667. The molecule has 0 aliphatic carbocycles. The van der Waals surface area contributed by atoms with Crippen molar-refractivity contribution in [3.8, 4) is 0 Å². The topological polar surface area (TPSA) is 55.1 Å². The average molecular weight is 168 g/mol. The first-order valence-corrected chi connectivity index (χ1v) is 4.33. The first-order chi connectivity index (χ1) is 5.61. The summed E-state index contributed by atoms with van der Waals surface area (Å²) < 4.78 is 0. The SMILES string of the molecule is CC(C)C1CC=C(C(N)=O)CN1. The van der Waals surface area contributed by atoms with E-state index in [2.05, 4.69) is 19.2 Å². The molecule has 1 rings (SSSR count). The van der Waals surface area contributed by atoms with Crippen molar-refractivity contribution in [2.24, 2.45) is 11.7 Å². The van der Waals surface area contributed by atoms with E-state index in [-0.39, 0.29) is 5.91 Å². The Balaban J connectivity index is 2.53. The predicted molar refractivity (Wildman–Crippen MR) is 48.5 cm³/mol. The monoisotopic (exact) mass is 168 g/mol. The quantitative estimate of drug-likeness (QED) is 0.627. The van der Waals surface area contributed by atoms with Crippen molar-refractivity contribution in [3.63, 3.8) is 0 Å². The second-order valence-electron chi connectivity index (χ2n) is 3.56. The van der Waals surface area contributed by atoms with Gasteiger partial charge in [-0.25, -0.2) is 0 Å². The number of nitrogens with one attached hydrogen (secondary N) is 1. The zero-order chi connectivity index (χ0) is 9.14. The van der Waals surface area contributed by atoms with Gasteiger partial charge in [-0.2, -0.15) is 0 Å².